The molecule has 7 nitrogen and oxygen atoms in total. The van der Waals surface area contributed by atoms with Gasteiger partial charge in [0, 0.05) is 22.7 Å². The van der Waals surface area contributed by atoms with Crippen LogP contribution in [0.3, 0.4) is 0 Å². The zero-order valence-electron chi connectivity index (χ0n) is 12.1. The van der Waals surface area contributed by atoms with Crippen molar-refractivity contribution in [3.8, 4) is 11.4 Å². The summed E-state index contributed by atoms with van der Waals surface area (Å²) in [7, 11) is 0. The van der Waals surface area contributed by atoms with E-state index >= 15 is 0 Å². The van der Waals surface area contributed by atoms with Crippen molar-refractivity contribution in [2.75, 3.05) is 5.43 Å². The molecular formula is C15H10ClN5O2S. The number of thioether (sulfide) groups is 1. The predicted octanol–water partition coefficient (Wildman–Crippen LogP) is 3.85. The van der Waals surface area contributed by atoms with E-state index in [0.717, 1.165) is 5.56 Å². The zero-order valence-corrected chi connectivity index (χ0v) is 13.7. The van der Waals surface area contributed by atoms with E-state index in [1.165, 1.54) is 23.9 Å². The molecule has 2 aromatic carbocycles. The minimum atomic E-state index is -0.427. The van der Waals surface area contributed by atoms with Gasteiger partial charge in [0.2, 0.25) is 5.16 Å². The van der Waals surface area contributed by atoms with E-state index in [9.17, 15) is 10.1 Å². The molecule has 0 unspecified atom stereocenters. The third-order valence-corrected chi connectivity index (χ3v) is 4.93. The molecule has 3 aromatic rings. The Morgan fingerprint density at radius 2 is 2.00 bits per heavy atom. The Kier molecular flexibility index (Phi) is 3.62. The van der Waals surface area contributed by atoms with Crippen molar-refractivity contribution < 1.29 is 4.92 Å². The molecule has 0 aliphatic carbocycles. The Morgan fingerprint density at radius 1 is 1.21 bits per heavy atom. The van der Waals surface area contributed by atoms with Crippen LogP contribution < -0.4 is 5.43 Å². The van der Waals surface area contributed by atoms with Crippen LogP contribution in [-0.4, -0.2) is 19.8 Å². The molecule has 24 heavy (non-hydrogen) atoms. The van der Waals surface area contributed by atoms with Crippen molar-refractivity contribution in [2.24, 2.45) is 0 Å². The van der Waals surface area contributed by atoms with Gasteiger partial charge in [0.1, 0.15) is 5.37 Å². The molecule has 1 aliphatic heterocycles. The van der Waals surface area contributed by atoms with Crippen LogP contribution in [0.2, 0.25) is 5.02 Å². The molecule has 0 bridgehead atoms. The number of halogens is 1. The summed E-state index contributed by atoms with van der Waals surface area (Å²) in [6.45, 7) is 0. The molecule has 0 spiro atoms. The fraction of sp³-hybridized carbons (Fsp3) is 0.0667. The van der Waals surface area contributed by atoms with Gasteiger partial charge >= 0.3 is 0 Å². The minimum Gasteiger partial charge on any atom is -0.304 e. The molecule has 4 rings (SSSR count). The Hall–Kier alpha value is -2.58. The van der Waals surface area contributed by atoms with Gasteiger partial charge in [0.25, 0.3) is 5.69 Å². The van der Waals surface area contributed by atoms with Gasteiger partial charge < -0.3 is 5.43 Å². The van der Waals surface area contributed by atoms with Gasteiger partial charge in [0.15, 0.2) is 5.82 Å². The summed E-state index contributed by atoms with van der Waals surface area (Å²) in [5.41, 5.74) is 5.01. The maximum Gasteiger partial charge on any atom is 0.270 e. The van der Waals surface area contributed by atoms with Gasteiger partial charge in [0.05, 0.1) is 4.92 Å². The van der Waals surface area contributed by atoms with E-state index in [1.54, 1.807) is 16.8 Å². The van der Waals surface area contributed by atoms with Gasteiger partial charge in [-0.15, -0.1) is 10.2 Å². The van der Waals surface area contributed by atoms with Crippen LogP contribution in [0, 0.1) is 10.1 Å². The maximum atomic E-state index is 11.0. The van der Waals surface area contributed by atoms with Crippen molar-refractivity contribution in [3.63, 3.8) is 0 Å². The van der Waals surface area contributed by atoms with Crippen molar-refractivity contribution in [3.05, 3.63) is 69.2 Å². The molecule has 9 heteroatoms. The van der Waals surface area contributed by atoms with Gasteiger partial charge in [-0.3, -0.25) is 10.1 Å². The van der Waals surface area contributed by atoms with Gasteiger partial charge in [-0.25, -0.2) is 4.68 Å². The van der Waals surface area contributed by atoms with Crippen molar-refractivity contribution in [1.29, 1.82) is 0 Å². The summed E-state index contributed by atoms with van der Waals surface area (Å²) in [5.74, 6) is 0.540. The second-order valence-corrected chi connectivity index (χ2v) is 6.64. The van der Waals surface area contributed by atoms with E-state index in [2.05, 4.69) is 15.6 Å². The van der Waals surface area contributed by atoms with Gasteiger partial charge in [-0.1, -0.05) is 47.6 Å². The summed E-state index contributed by atoms with van der Waals surface area (Å²) < 4.78 is 1.75. The lowest BCUT2D eigenvalue weighted by Gasteiger charge is -2.12. The molecule has 0 amide bonds. The van der Waals surface area contributed by atoms with E-state index < -0.39 is 4.92 Å². The summed E-state index contributed by atoms with van der Waals surface area (Å²) in [4.78, 5) is 10.5. The highest BCUT2D eigenvalue weighted by molar-refractivity contribution is 7.99. The molecule has 0 radical (unpaired) electrons. The number of aromatic nitrogens is 3. The Bertz CT molecular complexity index is 928. The van der Waals surface area contributed by atoms with Crippen LogP contribution in [-0.2, 0) is 0 Å². The lowest BCUT2D eigenvalue weighted by atomic mass is 10.2. The SMILES string of the molecule is O=[N+]([O-])c1cccc(-c2nnc3n2N[C@@H](c2ccc(Cl)cc2)S3)c1. The standard InChI is InChI=1S/C15H10ClN5O2S/c16-11-6-4-9(5-7-11)14-19-20-13(17-18-15(20)24-14)10-2-1-3-12(8-10)21(22)23/h1-8,14,19H/t14-/m1/s1. The maximum absolute atomic E-state index is 11.0. The Morgan fingerprint density at radius 3 is 2.75 bits per heavy atom. The molecule has 0 saturated heterocycles. The molecule has 0 fully saturated rings. The van der Waals surface area contributed by atoms with Crippen LogP contribution in [0.15, 0.2) is 53.7 Å². The normalized spacial score (nSPS) is 15.8. The Balaban J connectivity index is 1.66. The highest BCUT2D eigenvalue weighted by Gasteiger charge is 2.28. The molecule has 0 saturated carbocycles. The lowest BCUT2D eigenvalue weighted by molar-refractivity contribution is -0.384. The summed E-state index contributed by atoms with van der Waals surface area (Å²) in [6.07, 6.45) is 0. The topological polar surface area (TPSA) is 85.9 Å². The minimum absolute atomic E-state index is 0.0183. The summed E-state index contributed by atoms with van der Waals surface area (Å²) in [5, 5.41) is 20.6. The molecule has 120 valence electrons. The first-order valence-electron chi connectivity index (χ1n) is 7.01. The number of fused-ring (bicyclic) bond motifs is 1. The Labute approximate surface area is 145 Å². The largest absolute Gasteiger partial charge is 0.304 e. The summed E-state index contributed by atoms with van der Waals surface area (Å²) in [6, 6.07) is 13.9. The third-order valence-electron chi connectivity index (χ3n) is 3.59. The van der Waals surface area contributed by atoms with Gasteiger partial charge in [-0.05, 0) is 17.7 Å². The highest BCUT2D eigenvalue weighted by Crippen LogP contribution is 2.40. The fourth-order valence-corrected chi connectivity index (χ4v) is 3.56. The smallest absolute Gasteiger partial charge is 0.270 e. The molecule has 1 atom stereocenters. The zero-order chi connectivity index (χ0) is 16.7. The van der Waals surface area contributed by atoms with Crippen LogP contribution in [0.4, 0.5) is 5.69 Å². The first-order valence-corrected chi connectivity index (χ1v) is 8.26. The van der Waals surface area contributed by atoms with Gasteiger partial charge in [-0.2, -0.15) is 0 Å². The molecular weight excluding hydrogens is 350 g/mol. The average Bonchev–Trinajstić information content (AvgIpc) is 3.16. The lowest BCUT2D eigenvalue weighted by Crippen LogP contribution is -2.13. The molecule has 2 heterocycles. The second kappa shape index (κ2) is 5.81. The number of nitro benzene ring substituents is 1. The second-order valence-electron chi connectivity index (χ2n) is 5.13. The first-order chi connectivity index (χ1) is 11.6. The molecule has 1 aliphatic rings. The third kappa shape index (κ3) is 2.59. The number of non-ortho nitro benzene ring substituents is 1. The molecule has 1 aromatic heterocycles. The summed E-state index contributed by atoms with van der Waals surface area (Å²) >= 11 is 7.44. The number of hydrogen-bond acceptors (Lipinski definition) is 6. The van der Waals surface area contributed by atoms with Crippen molar-refractivity contribution in [1.82, 2.24) is 14.9 Å². The first kappa shape index (κ1) is 15.0. The van der Waals surface area contributed by atoms with Crippen molar-refractivity contribution in [2.45, 2.75) is 10.5 Å². The predicted molar refractivity (Wildman–Crippen MR) is 91.5 cm³/mol. The fourth-order valence-electron chi connectivity index (χ4n) is 2.44. The van der Waals surface area contributed by atoms with Crippen LogP contribution in [0.25, 0.3) is 11.4 Å². The van der Waals surface area contributed by atoms with E-state index in [4.69, 9.17) is 11.6 Å². The van der Waals surface area contributed by atoms with Crippen molar-refractivity contribution >= 4 is 29.1 Å². The number of rotatable bonds is 3. The number of nitrogens with one attached hydrogen (secondary N) is 1. The van der Waals surface area contributed by atoms with E-state index in [1.807, 2.05) is 24.3 Å². The number of benzene rings is 2. The van der Waals surface area contributed by atoms with E-state index in [0.29, 0.717) is 21.6 Å². The van der Waals surface area contributed by atoms with Crippen LogP contribution in [0.5, 0.6) is 0 Å². The number of nitro groups is 1. The number of nitrogens with zero attached hydrogens (tertiary/aromatic N) is 4. The van der Waals surface area contributed by atoms with Crippen LogP contribution >= 0.6 is 23.4 Å². The van der Waals surface area contributed by atoms with E-state index in [-0.39, 0.29) is 11.1 Å². The monoisotopic (exact) mass is 359 g/mol. The average molecular weight is 360 g/mol. The molecule has 1 N–H and O–H groups in total. The number of hydrogen-bond donors (Lipinski definition) is 1. The van der Waals surface area contributed by atoms with Crippen LogP contribution in [0.1, 0.15) is 10.9 Å². The highest BCUT2D eigenvalue weighted by atomic mass is 35.5. The quantitative estimate of drug-likeness (QED) is 0.564.